The molecule has 3 N–H and O–H groups in total. The second-order valence-corrected chi connectivity index (χ2v) is 11.2. The van der Waals surface area contributed by atoms with Crippen LogP contribution in [0.2, 0.25) is 10.0 Å². The Bertz CT molecular complexity index is 1390. The zero-order valence-electron chi connectivity index (χ0n) is 23.0. The molecule has 0 spiro atoms. The maximum atomic E-state index is 13.7. The van der Waals surface area contributed by atoms with Crippen LogP contribution >= 0.6 is 23.2 Å². The van der Waals surface area contributed by atoms with E-state index in [0.29, 0.717) is 41.1 Å². The zero-order chi connectivity index (χ0) is 29.7. The lowest BCUT2D eigenvalue weighted by Crippen LogP contribution is -2.49. The van der Waals surface area contributed by atoms with Crippen LogP contribution in [0.3, 0.4) is 0 Å². The van der Waals surface area contributed by atoms with Crippen LogP contribution in [0.15, 0.2) is 60.7 Å². The standard InChI is InChI=1S/C30H33Cl2FN4O4/c1-18-14-37(19(2)17-38)29(39)23-5-4-6-26(35-30(40)34-22-10-8-21(33)9-11-22)28(23)41-27(18)16-36(3)15-20-7-12-24(31)25(32)13-20/h4-13,18-19,27,38H,14-17H2,1-3H3,(H2,34,35,40)/t18-,19+,27+/m1/s1. The first kappa shape index (κ1) is 30.6. The van der Waals surface area contributed by atoms with Gasteiger partial charge in [0.05, 0.1) is 33.9 Å². The summed E-state index contributed by atoms with van der Waals surface area (Å²) in [5, 5.41) is 16.3. The average molecular weight is 604 g/mol. The molecule has 0 saturated heterocycles. The summed E-state index contributed by atoms with van der Waals surface area (Å²) < 4.78 is 19.8. The SMILES string of the molecule is C[C@@H]1CN([C@@H](C)CO)C(=O)c2cccc(NC(=O)Nc3ccc(F)cc3)c2O[C@H]1CN(C)Cc1ccc(Cl)c(Cl)c1. The topological polar surface area (TPSA) is 94.1 Å². The van der Waals surface area contributed by atoms with Gasteiger partial charge >= 0.3 is 6.03 Å². The quantitative estimate of drug-likeness (QED) is 0.288. The number of para-hydroxylation sites is 1. The van der Waals surface area contributed by atoms with Gasteiger partial charge in [-0.05, 0) is 68.1 Å². The number of amides is 3. The Kier molecular flexibility index (Phi) is 10.1. The zero-order valence-corrected chi connectivity index (χ0v) is 24.5. The van der Waals surface area contributed by atoms with Crippen molar-refractivity contribution in [2.24, 2.45) is 5.92 Å². The van der Waals surface area contributed by atoms with Crippen molar-refractivity contribution in [3.8, 4) is 5.75 Å². The van der Waals surface area contributed by atoms with Crippen molar-refractivity contribution in [3.63, 3.8) is 0 Å². The van der Waals surface area contributed by atoms with Crippen LogP contribution in [-0.2, 0) is 6.54 Å². The number of nitrogens with one attached hydrogen (secondary N) is 2. The number of carbonyl (C=O) groups excluding carboxylic acids is 2. The average Bonchev–Trinajstić information content (AvgIpc) is 2.94. The number of carbonyl (C=O) groups is 2. The first-order valence-corrected chi connectivity index (χ1v) is 14.0. The Morgan fingerprint density at radius 1 is 1.15 bits per heavy atom. The summed E-state index contributed by atoms with van der Waals surface area (Å²) in [6.45, 7) is 5.02. The van der Waals surface area contributed by atoms with Gasteiger partial charge in [0.15, 0.2) is 5.75 Å². The Balaban J connectivity index is 1.62. The van der Waals surface area contributed by atoms with Gasteiger partial charge in [0, 0.05) is 31.2 Å². The van der Waals surface area contributed by atoms with Gasteiger partial charge in [-0.25, -0.2) is 9.18 Å². The molecule has 0 aliphatic carbocycles. The predicted octanol–water partition coefficient (Wildman–Crippen LogP) is 6.13. The lowest BCUT2D eigenvalue weighted by Gasteiger charge is -2.38. The van der Waals surface area contributed by atoms with Crippen molar-refractivity contribution in [2.45, 2.75) is 32.5 Å². The van der Waals surface area contributed by atoms with Gasteiger partial charge in [-0.15, -0.1) is 0 Å². The van der Waals surface area contributed by atoms with Crippen LogP contribution in [0.4, 0.5) is 20.6 Å². The number of ether oxygens (including phenoxy) is 1. The lowest BCUT2D eigenvalue weighted by molar-refractivity contribution is 0.0343. The van der Waals surface area contributed by atoms with E-state index in [9.17, 15) is 19.1 Å². The minimum atomic E-state index is -0.579. The van der Waals surface area contributed by atoms with E-state index in [1.807, 2.05) is 26.1 Å². The molecule has 41 heavy (non-hydrogen) atoms. The van der Waals surface area contributed by atoms with Crippen molar-refractivity contribution < 1.29 is 23.8 Å². The molecular formula is C30H33Cl2FN4O4. The summed E-state index contributed by atoms with van der Waals surface area (Å²) in [7, 11) is 1.96. The van der Waals surface area contributed by atoms with Crippen LogP contribution in [0.5, 0.6) is 5.75 Å². The van der Waals surface area contributed by atoms with E-state index in [4.69, 9.17) is 27.9 Å². The molecule has 0 radical (unpaired) electrons. The highest BCUT2D eigenvalue weighted by Crippen LogP contribution is 2.35. The summed E-state index contributed by atoms with van der Waals surface area (Å²) in [6, 6.07) is 14.8. The number of urea groups is 1. The molecule has 0 aromatic heterocycles. The van der Waals surface area contributed by atoms with E-state index in [0.717, 1.165) is 5.56 Å². The predicted molar refractivity (Wildman–Crippen MR) is 159 cm³/mol. The van der Waals surface area contributed by atoms with Crippen molar-refractivity contribution in [1.82, 2.24) is 9.80 Å². The van der Waals surface area contributed by atoms with Gasteiger partial charge in [-0.3, -0.25) is 9.69 Å². The number of hydrogen-bond acceptors (Lipinski definition) is 5. The molecule has 3 atom stereocenters. The fraction of sp³-hybridized carbons (Fsp3) is 0.333. The second kappa shape index (κ2) is 13.5. The van der Waals surface area contributed by atoms with Gasteiger partial charge in [0.2, 0.25) is 0 Å². The van der Waals surface area contributed by atoms with Gasteiger partial charge < -0.3 is 25.4 Å². The number of aliphatic hydroxyl groups is 1. The highest BCUT2D eigenvalue weighted by Gasteiger charge is 2.34. The molecule has 1 aliphatic heterocycles. The number of nitrogens with zero attached hydrogens (tertiary/aromatic N) is 2. The van der Waals surface area contributed by atoms with Crippen molar-refractivity contribution in [1.29, 1.82) is 0 Å². The van der Waals surface area contributed by atoms with Crippen LogP contribution in [0.25, 0.3) is 0 Å². The molecule has 3 aromatic carbocycles. The van der Waals surface area contributed by atoms with Gasteiger partial charge in [0.25, 0.3) is 5.91 Å². The molecule has 3 amide bonds. The van der Waals surface area contributed by atoms with Crippen LogP contribution in [0.1, 0.15) is 29.8 Å². The summed E-state index contributed by atoms with van der Waals surface area (Å²) in [5.74, 6) is -0.614. The number of fused-ring (bicyclic) bond motifs is 1. The molecule has 11 heteroatoms. The van der Waals surface area contributed by atoms with Crippen LogP contribution in [-0.4, -0.2) is 65.7 Å². The Labute approximate surface area is 249 Å². The molecule has 0 fully saturated rings. The molecule has 0 unspecified atom stereocenters. The Morgan fingerprint density at radius 3 is 2.56 bits per heavy atom. The van der Waals surface area contributed by atoms with E-state index in [1.54, 1.807) is 36.1 Å². The number of hydrogen-bond donors (Lipinski definition) is 3. The van der Waals surface area contributed by atoms with E-state index in [-0.39, 0.29) is 35.8 Å². The maximum absolute atomic E-state index is 13.7. The fourth-order valence-corrected chi connectivity index (χ4v) is 5.02. The molecule has 0 bridgehead atoms. The van der Waals surface area contributed by atoms with E-state index < -0.39 is 17.9 Å². The summed E-state index contributed by atoms with van der Waals surface area (Å²) in [4.78, 5) is 30.2. The van der Waals surface area contributed by atoms with E-state index in [2.05, 4.69) is 15.5 Å². The van der Waals surface area contributed by atoms with Gasteiger partial charge in [0.1, 0.15) is 11.9 Å². The Morgan fingerprint density at radius 2 is 1.88 bits per heavy atom. The molecule has 3 aromatic rings. The van der Waals surface area contributed by atoms with Crippen molar-refractivity contribution >= 4 is 46.5 Å². The van der Waals surface area contributed by atoms with Gasteiger partial charge in [-0.2, -0.15) is 0 Å². The largest absolute Gasteiger partial charge is 0.486 e. The molecule has 4 rings (SSSR count). The monoisotopic (exact) mass is 602 g/mol. The summed E-state index contributed by atoms with van der Waals surface area (Å²) in [5.41, 5.74) is 1.96. The van der Waals surface area contributed by atoms with E-state index in [1.165, 1.54) is 24.3 Å². The molecule has 1 heterocycles. The number of halogens is 3. The van der Waals surface area contributed by atoms with Crippen molar-refractivity contribution in [2.75, 3.05) is 37.4 Å². The molecule has 218 valence electrons. The van der Waals surface area contributed by atoms with Gasteiger partial charge in [-0.1, -0.05) is 42.3 Å². The highest BCUT2D eigenvalue weighted by molar-refractivity contribution is 6.42. The molecule has 0 saturated carbocycles. The Hall–Kier alpha value is -3.37. The number of anilines is 2. The number of rotatable bonds is 8. The highest BCUT2D eigenvalue weighted by atomic mass is 35.5. The summed E-state index contributed by atoms with van der Waals surface area (Å²) >= 11 is 12.3. The van der Waals surface area contributed by atoms with E-state index >= 15 is 0 Å². The van der Waals surface area contributed by atoms with Crippen LogP contribution in [0, 0.1) is 11.7 Å². The number of aliphatic hydroxyl groups excluding tert-OH is 1. The minimum absolute atomic E-state index is 0.126. The van der Waals surface area contributed by atoms with Crippen molar-refractivity contribution in [3.05, 3.63) is 87.7 Å². The fourth-order valence-electron chi connectivity index (χ4n) is 4.70. The first-order valence-electron chi connectivity index (χ1n) is 13.2. The first-order chi connectivity index (χ1) is 19.5. The lowest BCUT2D eigenvalue weighted by atomic mass is 9.99. The second-order valence-electron chi connectivity index (χ2n) is 10.3. The molecular weight excluding hydrogens is 570 g/mol. The van der Waals surface area contributed by atoms with Crippen LogP contribution < -0.4 is 15.4 Å². The normalized spacial score (nSPS) is 17.8. The smallest absolute Gasteiger partial charge is 0.323 e. The maximum Gasteiger partial charge on any atom is 0.323 e. The third-order valence-corrected chi connectivity index (χ3v) is 7.71. The third-order valence-electron chi connectivity index (χ3n) is 6.97. The summed E-state index contributed by atoms with van der Waals surface area (Å²) in [6.07, 6.45) is -0.383. The number of likely N-dealkylation sites (N-methyl/N-ethyl adjacent to an activating group) is 1. The third kappa shape index (κ3) is 7.68. The number of benzene rings is 3. The molecule has 1 aliphatic rings. The minimum Gasteiger partial charge on any atom is -0.486 e. The molecule has 8 nitrogen and oxygen atoms in total.